The average molecular weight is 371 g/mol. The Hall–Kier alpha value is -2.92. The highest BCUT2D eigenvalue weighted by Crippen LogP contribution is 2.29. The van der Waals surface area contributed by atoms with Gasteiger partial charge in [0.05, 0.1) is 17.8 Å². The Labute approximate surface area is 157 Å². The Morgan fingerprint density at radius 3 is 3.00 bits per heavy atom. The second kappa shape index (κ2) is 8.18. The lowest BCUT2D eigenvalue weighted by molar-refractivity contribution is 0.0998. The van der Waals surface area contributed by atoms with Gasteiger partial charge < -0.3 is 15.4 Å². The van der Waals surface area contributed by atoms with Gasteiger partial charge in [-0.05, 0) is 38.0 Å². The molecule has 2 heterocycles. The molecular weight excluding hydrogens is 349 g/mol. The van der Waals surface area contributed by atoms with Crippen molar-refractivity contribution in [3.63, 3.8) is 0 Å². The highest BCUT2D eigenvalue weighted by Gasteiger charge is 2.32. The van der Waals surface area contributed by atoms with Crippen molar-refractivity contribution in [2.45, 2.75) is 45.0 Å². The van der Waals surface area contributed by atoms with Gasteiger partial charge in [0, 0.05) is 31.0 Å². The number of halogens is 1. The van der Waals surface area contributed by atoms with Crippen molar-refractivity contribution in [2.75, 3.05) is 6.61 Å². The summed E-state index contributed by atoms with van der Waals surface area (Å²) in [6.07, 6.45) is 4.17. The number of amides is 2. The lowest BCUT2D eigenvalue weighted by Crippen LogP contribution is -2.43. The third-order valence-corrected chi connectivity index (χ3v) is 4.49. The maximum absolute atomic E-state index is 13.6. The summed E-state index contributed by atoms with van der Waals surface area (Å²) in [4.78, 5) is 12.2. The topological polar surface area (TPSA) is 92.0 Å². The minimum atomic E-state index is -0.594. The number of ether oxygens (including phenoxy) is 1. The molecule has 1 aromatic heterocycles. The van der Waals surface area contributed by atoms with Crippen LogP contribution in [0.2, 0.25) is 0 Å². The smallest absolute Gasteiger partial charge is 0.315 e. The van der Waals surface area contributed by atoms with Gasteiger partial charge in [-0.1, -0.05) is 6.07 Å². The van der Waals surface area contributed by atoms with Gasteiger partial charge in [-0.2, -0.15) is 10.4 Å². The first-order valence-corrected chi connectivity index (χ1v) is 8.86. The fraction of sp³-hybridized carbons (Fsp3) is 0.421. The molecule has 0 aliphatic carbocycles. The number of aromatic nitrogens is 2. The molecule has 0 bridgehead atoms. The minimum absolute atomic E-state index is 0.0175. The summed E-state index contributed by atoms with van der Waals surface area (Å²) in [7, 11) is 0. The number of benzene rings is 1. The highest BCUT2D eigenvalue weighted by atomic mass is 19.1. The van der Waals surface area contributed by atoms with Gasteiger partial charge in [-0.3, -0.25) is 4.68 Å². The number of nitrogens with one attached hydrogen (secondary N) is 2. The van der Waals surface area contributed by atoms with Gasteiger partial charge in [0.2, 0.25) is 0 Å². The predicted molar refractivity (Wildman–Crippen MR) is 96.2 cm³/mol. The number of nitriles is 1. The Kier molecular flexibility index (Phi) is 5.72. The first kappa shape index (κ1) is 18.9. The van der Waals surface area contributed by atoms with Crippen molar-refractivity contribution in [1.29, 1.82) is 5.26 Å². The van der Waals surface area contributed by atoms with E-state index in [1.165, 1.54) is 12.1 Å². The van der Waals surface area contributed by atoms with E-state index in [9.17, 15) is 9.18 Å². The molecule has 7 nitrogen and oxygen atoms in total. The molecule has 0 saturated carbocycles. The molecule has 142 valence electrons. The number of hydrogen-bond acceptors (Lipinski definition) is 4. The Morgan fingerprint density at radius 1 is 1.52 bits per heavy atom. The number of hydrogen-bond donors (Lipinski definition) is 2. The molecule has 1 saturated heterocycles. The monoisotopic (exact) mass is 371 g/mol. The van der Waals surface area contributed by atoms with Crippen LogP contribution in [0.4, 0.5) is 9.18 Å². The van der Waals surface area contributed by atoms with Gasteiger partial charge in [-0.15, -0.1) is 0 Å². The maximum atomic E-state index is 13.6. The molecule has 1 aromatic carbocycles. The van der Waals surface area contributed by atoms with Crippen LogP contribution in [0.3, 0.4) is 0 Å². The van der Waals surface area contributed by atoms with E-state index >= 15 is 0 Å². The third-order valence-electron chi connectivity index (χ3n) is 4.49. The van der Waals surface area contributed by atoms with Gasteiger partial charge in [0.1, 0.15) is 18.0 Å². The standard InChI is InChI=1S/C19H22FN5O2/c1-12(2)25-11-15(10-23-25)18-17(5-6-27-18)24-19(26)22-9-13-3-4-14(8-21)16(20)7-13/h3-4,7,10-12,17-18H,5-6,9H2,1-2H3,(H2,22,24,26)/t17-,18+/m1/s1. The lowest BCUT2D eigenvalue weighted by atomic mass is 10.1. The predicted octanol–water partition coefficient (Wildman–Crippen LogP) is 2.80. The summed E-state index contributed by atoms with van der Waals surface area (Å²) < 4.78 is 21.3. The van der Waals surface area contributed by atoms with Crippen LogP contribution in [0.15, 0.2) is 30.6 Å². The van der Waals surface area contributed by atoms with Crippen molar-refractivity contribution < 1.29 is 13.9 Å². The zero-order valence-corrected chi connectivity index (χ0v) is 15.3. The van der Waals surface area contributed by atoms with E-state index in [1.807, 2.05) is 24.7 Å². The van der Waals surface area contributed by atoms with E-state index in [-0.39, 0.29) is 36.3 Å². The van der Waals surface area contributed by atoms with E-state index in [4.69, 9.17) is 10.00 Å². The second-order valence-corrected chi connectivity index (χ2v) is 6.79. The fourth-order valence-corrected chi connectivity index (χ4v) is 3.01. The molecule has 1 fully saturated rings. The number of nitrogens with zero attached hydrogens (tertiary/aromatic N) is 3. The molecule has 0 unspecified atom stereocenters. The van der Waals surface area contributed by atoms with Crippen LogP contribution in [-0.4, -0.2) is 28.5 Å². The van der Waals surface area contributed by atoms with E-state index in [0.717, 1.165) is 5.56 Å². The second-order valence-electron chi connectivity index (χ2n) is 6.79. The first-order chi connectivity index (χ1) is 13.0. The SMILES string of the molecule is CC(C)n1cc([C@@H]2OCC[C@H]2NC(=O)NCc2ccc(C#N)c(F)c2)cn1. The van der Waals surface area contributed by atoms with Crippen LogP contribution in [0.1, 0.15) is 49.1 Å². The van der Waals surface area contributed by atoms with Gasteiger partial charge in [-0.25, -0.2) is 9.18 Å². The van der Waals surface area contributed by atoms with Crippen molar-refractivity contribution in [3.05, 3.63) is 53.1 Å². The van der Waals surface area contributed by atoms with E-state index in [0.29, 0.717) is 18.6 Å². The number of carbonyl (C=O) groups is 1. The molecule has 2 aromatic rings. The highest BCUT2D eigenvalue weighted by molar-refractivity contribution is 5.74. The molecule has 1 aliphatic heterocycles. The molecular formula is C19H22FN5O2. The molecule has 8 heteroatoms. The molecule has 27 heavy (non-hydrogen) atoms. The quantitative estimate of drug-likeness (QED) is 0.845. The fourth-order valence-electron chi connectivity index (χ4n) is 3.01. The summed E-state index contributed by atoms with van der Waals surface area (Å²) in [5, 5.41) is 18.7. The van der Waals surface area contributed by atoms with Crippen LogP contribution in [-0.2, 0) is 11.3 Å². The lowest BCUT2D eigenvalue weighted by Gasteiger charge is -2.19. The van der Waals surface area contributed by atoms with Crippen molar-refractivity contribution in [3.8, 4) is 6.07 Å². The zero-order valence-electron chi connectivity index (χ0n) is 15.3. The van der Waals surface area contributed by atoms with Crippen molar-refractivity contribution in [1.82, 2.24) is 20.4 Å². The van der Waals surface area contributed by atoms with Crippen LogP contribution >= 0.6 is 0 Å². The molecule has 0 spiro atoms. The largest absolute Gasteiger partial charge is 0.371 e. The Bertz CT molecular complexity index is 858. The Morgan fingerprint density at radius 2 is 2.33 bits per heavy atom. The summed E-state index contributed by atoms with van der Waals surface area (Å²) in [6.45, 7) is 4.81. The van der Waals surface area contributed by atoms with Crippen molar-refractivity contribution >= 4 is 6.03 Å². The average Bonchev–Trinajstić information content (AvgIpc) is 3.29. The molecule has 1 aliphatic rings. The number of urea groups is 1. The van der Waals surface area contributed by atoms with Crippen LogP contribution in [0.25, 0.3) is 0 Å². The summed E-state index contributed by atoms with van der Waals surface area (Å²) in [5.41, 5.74) is 1.50. The third kappa shape index (κ3) is 4.44. The maximum Gasteiger partial charge on any atom is 0.315 e. The van der Waals surface area contributed by atoms with Gasteiger partial charge >= 0.3 is 6.03 Å². The normalized spacial score (nSPS) is 19.1. The summed E-state index contributed by atoms with van der Waals surface area (Å²) >= 11 is 0. The molecule has 2 amide bonds. The zero-order chi connectivity index (χ0) is 19.4. The van der Waals surface area contributed by atoms with E-state index in [2.05, 4.69) is 15.7 Å². The van der Waals surface area contributed by atoms with E-state index in [1.54, 1.807) is 18.3 Å². The number of rotatable bonds is 5. The molecule has 2 atom stereocenters. The van der Waals surface area contributed by atoms with Gasteiger partial charge in [0.15, 0.2) is 0 Å². The molecule has 3 rings (SSSR count). The summed E-state index contributed by atoms with van der Waals surface area (Å²) in [6, 6.07) is 5.78. The molecule has 2 N–H and O–H groups in total. The minimum Gasteiger partial charge on any atom is -0.371 e. The summed E-state index contributed by atoms with van der Waals surface area (Å²) in [5.74, 6) is -0.594. The van der Waals surface area contributed by atoms with Crippen LogP contribution in [0.5, 0.6) is 0 Å². The van der Waals surface area contributed by atoms with Gasteiger partial charge in [0.25, 0.3) is 0 Å². The van der Waals surface area contributed by atoms with Crippen LogP contribution in [0, 0.1) is 17.1 Å². The van der Waals surface area contributed by atoms with Crippen molar-refractivity contribution in [2.24, 2.45) is 0 Å². The van der Waals surface area contributed by atoms with E-state index < -0.39 is 5.82 Å². The number of carbonyl (C=O) groups excluding carboxylic acids is 1. The first-order valence-electron chi connectivity index (χ1n) is 8.86. The molecule has 0 radical (unpaired) electrons. The van der Waals surface area contributed by atoms with Crippen LogP contribution < -0.4 is 10.6 Å². The Balaban J connectivity index is 1.56.